The van der Waals surface area contributed by atoms with E-state index in [4.69, 9.17) is 0 Å². The number of hydrogen-bond acceptors (Lipinski definition) is 3. The van der Waals surface area contributed by atoms with Gasteiger partial charge in [-0.2, -0.15) is 0 Å². The highest BCUT2D eigenvalue weighted by Crippen LogP contribution is 2.54. The maximum absolute atomic E-state index is 2.72. The number of fused-ring (bicyclic) bond motifs is 7. The van der Waals surface area contributed by atoms with Crippen LogP contribution < -0.4 is 26.2 Å². The molecule has 2 aliphatic heterocycles. The summed E-state index contributed by atoms with van der Waals surface area (Å²) in [6, 6.07) is 43.8. The van der Waals surface area contributed by atoms with Crippen molar-refractivity contribution in [3.63, 3.8) is 0 Å². The van der Waals surface area contributed by atoms with Gasteiger partial charge in [0.15, 0.2) is 0 Å². The molecule has 0 spiro atoms. The first-order valence-corrected chi connectivity index (χ1v) is 26.3. The van der Waals surface area contributed by atoms with E-state index in [9.17, 15) is 0 Å². The van der Waals surface area contributed by atoms with E-state index in [2.05, 4.69) is 209 Å². The van der Waals surface area contributed by atoms with Crippen molar-refractivity contribution in [3.8, 4) is 11.1 Å². The largest absolute Gasteiger partial charge is 0.311 e. The molecule has 7 aromatic rings. The molecule has 0 N–H and O–H groups in total. The number of hydrogen-bond donors (Lipinski definition) is 0. The zero-order valence-corrected chi connectivity index (χ0v) is 43.5. The van der Waals surface area contributed by atoms with Gasteiger partial charge in [-0.3, -0.25) is 0 Å². The van der Waals surface area contributed by atoms with E-state index >= 15 is 0 Å². The molecule has 342 valence electrons. The minimum atomic E-state index is -0.0231. The van der Waals surface area contributed by atoms with Crippen LogP contribution in [0.15, 0.2) is 109 Å². The summed E-state index contributed by atoms with van der Waals surface area (Å²) < 4.78 is 1.43. The van der Waals surface area contributed by atoms with Gasteiger partial charge in [0.05, 0.1) is 10.7 Å². The van der Waals surface area contributed by atoms with Gasteiger partial charge >= 0.3 is 0 Å². The van der Waals surface area contributed by atoms with E-state index in [1.54, 1.807) is 5.56 Å². The highest BCUT2D eigenvalue weighted by Gasteiger charge is 2.47. The first-order chi connectivity index (χ1) is 31.7. The van der Waals surface area contributed by atoms with Crippen LogP contribution in [-0.2, 0) is 33.5 Å². The molecule has 1 saturated carbocycles. The summed E-state index contributed by atoms with van der Waals surface area (Å²) in [5, 5.41) is 2.82. The standard InChI is InChI=1S/C63H71BN2S/c1-14-40-34-46-55(38-48(40)63(13)28-18-19-29-63)67-58-56(46)64-50-36-43(60(6,7)8)23-27-52(50)66(51-26-22-42(59(3,4)5)35-45(51)41-20-16-15-17-21-41)54-33-39(2)32-53(57(54)64)65(58)44-24-25-47-49(37-44)62(11,12)31-30-61(47,9)10/h15-17,20-27,32-38H,14,18-19,28-31H2,1-13H3. The third kappa shape index (κ3) is 7.00. The molecule has 4 aliphatic rings. The van der Waals surface area contributed by atoms with E-state index in [1.807, 2.05) is 11.3 Å². The predicted molar refractivity (Wildman–Crippen MR) is 294 cm³/mol. The summed E-state index contributed by atoms with van der Waals surface area (Å²) in [7, 11) is 0. The van der Waals surface area contributed by atoms with Crippen molar-refractivity contribution in [2.24, 2.45) is 0 Å². The Balaban J connectivity index is 1.26. The molecule has 3 heterocycles. The lowest BCUT2D eigenvalue weighted by Crippen LogP contribution is -2.61. The second-order valence-corrected chi connectivity index (χ2v) is 25.7. The quantitative estimate of drug-likeness (QED) is 0.159. The molecule has 0 saturated heterocycles. The van der Waals surface area contributed by atoms with Crippen LogP contribution >= 0.6 is 11.3 Å². The smallest absolute Gasteiger partial charge is 0.254 e. The number of nitrogens with zero attached hydrogens (tertiary/aromatic N) is 2. The van der Waals surface area contributed by atoms with Crippen LogP contribution in [0.25, 0.3) is 21.2 Å². The molecule has 2 aliphatic carbocycles. The molecule has 2 nitrogen and oxygen atoms in total. The van der Waals surface area contributed by atoms with Gasteiger partial charge < -0.3 is 9.80 Å². The number of thiophene rings is 1. The Morgan fingerprint density at radius 2 is 1.21 bits per heavy atom. The number of benzene rings is 6. The van der Waals surface area contributed by atoms with E-state index in [0.29, 0.717) is 0 Å². The zero-order chi connectivity index (χ0) is 47.2. The lowest BCUT2D eigenvalue weighted by atomic mass is 9.33. The average Bonchev–Trinajstić information content (AvgIpc) is 3.90. The minimum absolute atomic E-state index is 0.000967. The third-order valence-corrected chi connectivity index (χ3v) is 18.1. The number of aryl methyl sites for hydroxylation is 2. The van der Waals surface area contributed by atoms with E-state index in [-0.39, 0.29) is 33.8 Å². The Morgan fingerprint density at radius 1 is 0.582 bits per heavy atom. The van der Waals surface area contributed by atoms with Gasteiger partial charge in [-0.05, 0) is 181 Å². The monoisotopic (exact) mass is 899 g/mol. The Hall–Kier alpha value is -5.06. The highest BCUT2D eigenvalue weighted by atomic mass is 32.1. The summed E-state index contributed by atoms with van der Waals surface area (Å²) in [6.07, 6.45) is 8.65. The topological polar surface area (TPSA) is 6.48 Å². The van der Waals surface area contributed by atoms with E-state index in [0.717, 1.165) is 6.42 Å². The van der Waals surface area contributed by atoms with Crippen LogP contribution in [0.2, 0.25) is 0 Å². The normalized spacial score (nSPS) is 17.9. The molecule has 67 heavy (non-hydrogen) atoms. The van der Waals surface area contributed by atoms with Crippen LogP contribution in [0.4, 0.5) is 33.4 Å². The van der Waals surface area contributed by atoms with Crippen molar-refractivity contribution >= 4 is 78.0 Å². The van der Waals surface area contributed by atoms with Crippen molar-refractivity contribution in [2.45, 2.75) is 162 Å². The average molecular weight is 899 g/mol. The second kappa shape index (κ2) is 15.2. The van der Waals surface area contributed by atoms with E-state index < -0.39 is 0 Å². The van der Waals surface area contributed by atoms with Crippen LogP contribution in [0.1, 0.15) is 161 Å². The van der Waals surface area contributed by atoms with Crippen molar-refractivity contribution in [1.82, 2.24) is 0 Å². The van der Waals surface area contributed by atoms with Gasteiger partial charge in [0.2, 0.25) is 0 Å². The van der Waals surface area contributed by atoms with Gasteiger partial charge in [0.1, 0.15) is 0 Å². The van der Waals surface area contributed by atoms with Gasteiger partial charge in [0.25, 0.3) is 6.71 Å². The van der Waals surface area contributed by atoms with Gasteiger partial charge in [0, 0.05) is 33.0 Å². The lowest BCUT2D eigenvalue weighted by molar-refractivity contribution is 0.332. The van der Waals surface area contributed by atoms with Crippen LogP contribution in [0.5, 0.6) is 0 Å². The van der Waals surface area contributed by atoms with Gasteiger partial charge in [-0.15, -0.1) is 11.3 Å². The fourth-order valence-electron chi connectivity index (χ4n) is 12.8. The first-order valence-electron chi connectivity index (χ1n) is 25.5. The Bertz CT molecular complexity index is 3130. The Kier molecular flexibility index (Phi) is 10.1. The summed E-state index contributed by atoms with van der Waals surface area (Å²) in [4.78, 5) is 5.38. The summed E-state index contributed by atoms with van der Waals surface area (Å²) in [6.45, 7) is 31.3. The Labute approximate surface area is 406 Å². The molecule has 1 fully saturated rings. The van der Waals surface area contributed by atoms with E-state index in [1.165, 1.54) is 143 Å². The van der Waals surface area contributed by atoms with Crippen molar-refractivity contribution in [2.75, 3.05) is 9.80 Å². The van der Waals surface area contributed by atoms with Crippen molar-refractivity contribution < 1.29 is 0 Å². The van der Waals surface area contributed by atoms with Crippen LogP contribution in [0, 0.1) is 6.92 Å². The fraction of sp³-hybridized carbons (Fsp3) is 0.397. The Morgan fingerprint density at radius 3 is 1.87 bits per heavy atom. The maximum Gasteiger partial charge on any atom is 0.254 e. The molecule has 0 radical (unpaired) electrons. The molecule has 0 amide bonds. The highest BCUT2D eigenvalue weighted by molar-refractivity contribution is 7.26. The van der Waals surface area contributed by atoms with Gasteiger partial charge in [-0.1, -0.05) is 157 Å². The fourth-order valence-corrected chi connectivity index (χ4v) is 14.1. The second-order valence-electron chi connectivity index (χ2n) is 24.6. The third-order valence-electron chi connectivity index (χ3n) is 16.9. The maximum atomic E-state index is 2.72. The van der Waals surface area contributed by atoms with Gasteiger partial charge in [-0.25, -0.2) is 0 Å². The number of rotatable bonds is 5. The molecule has 0 bridgehead atoms. The number of anilines is 6. The first kappa shape index (κ1) is 44.5. The molecular formula is C63H71BN2S. The minimum Gasteiger partial charge on any atom is -0.311 e. The summed E-state index contributed by atoms with van der Waals surface area (Å²) in [5.74, 6) is 0. The summed E-state index contributed by atoms with van der Waals surface area (Å²) >= 11 is 2.05. The molecule has 0 atom stereocenters. The predicted octanol–water partition coefficient (Wildman–Crippen LogP) is 16.3. The molecule has 4 heteroatoms. The lowest BCUT2D eigenvalue weighted by Gasteiger charge is -2.45. The molecular weight excluding hydrogens is 828 g/mol. The molecule has 0 unspecified atom stereocenters. The van der Waals surface area contributed by atoms with Crippen molar-refractivity contribution in [1.29, 1.82) is 0 Å². The van der Waals surface area contributed by atoms with Crippen LogP contribution in [-0.4, -0.2) is 6.71 Å². The van der Waals surface area contributed by atoms with Crippen molar-refractivity contribution in [3.05, 3.63) is 148 Å². The summed E-state index contributed by atoms with van der Waals surface area (Å²) in [5.41, 5.74) is 23.8. The van der Waals surface area contributed by atoms with Crippen LogP contribution in [0.3, 0.4) is 0 Å². The SMILES string of the molecule is CCc1cc2c3c(sc2cc1C1(C)CCCC1)N(c1ccc2c(c1)C(C)(C)CCC2(C)C)c1cc(C)cc2c1B3c1cc(C(C)(C)C)ccc1N2c1ccc(C(C)(C)C)cc1-c1ccccc1. The molecule has 11 rings (SSSR count). The molecule has 6 aromatic carbocycles. The zero-order valence-electron chi connectivity index (χ0n) is 42.7. The molecule has 1 aromatic heterocycles.